The minimum absolute atomic E-state index is 0.272. The predicted molar refractivity (Wildman–Crippen MR) is 42.7 cm³/mol. The van der Waals surface area contributed by atoms with Gasteiger partial charge in [0.15, 0.2) is 0 Å². The van der Waals surface area contributed by atoms with Crippen molar-refractivity contribution < 1.29 is 5.11 Å². The molecular weight excluding hydrogens is 124 g/mol. The molecule has 0 spiro atoms. The molecule has 0 aliphatic heterocycles. The quantitative estimate of drug-likeness (QED) is 0.581. The Morgan fingerprint density at radius 1 is 1.50 bits per heavy atom. The van der Waals surface area contributed by atoms with Gasteiger partial charge in [0.1, 0.15) is 0 Å². The first-order chi connectivity index (χ1) is 4.72. The molecule has 0 aromatic rings. The standard InChI is InChI=1S/C9H16O/c1-4-8-6(2)7(3)9(8)5-10/h6,8,10H,4-5H2,1-3H3/t6?,8-/m0/s1. The normalized spacial score (nSPS) is 32.4. The molecular formula is C9H16O. The highest BCUT2D eigenvalue weighted by Crippen LogP contribution is 2.41. The molecule has 1 aliphatic rings. The highest BCUT2D eigenvalue weighted by atomic mass is 16.3. The lowest BCUT2D eigenvalue weighted by Crippen LogP contribution is -2.28. The fourth-order valence-corrected chi connectivity index (χ4v) is 1.93. The zero-order valence-electron chi connectivity index (χ0n) is 7.02. The summed E-state index contributed by atoms with van der Waals surface area (Å²) in [6.07, 6.45) is 1.18. The molecule has 0 fully saturated rings. The van der Waals surface area contributed by atoms with Crippen molar-refractivity contribution in [3.05, 3.63) is 11.1 Å². The van der Waals surface area contributed by atoms with Crippen molar-refractivity contribution in [2.75, 3.05) is 6.61 Å². The van der Waals surface area contributed by atoms with Gasteiger partial charge in [-0.15, -0.1) is 0 Å². The first-order valence-electron chi connectivity index (χ1n) is 4.02. The first kappa shape index (κ1) is 7.80. The van der Waals surface area contributed by atoms with Crippen molar-refractivity contribution in [2.45, 2.75) is 27.2 Å². The van der Waals surface area contributed by atoms with Crippen LogP contribution in [0.3, 0.4) is 0 Å². The van der Waals surface area contributed by atoms with Gasteiger partial charge >= 0.3 is 0 Å². The average Bonchev–Trinajstić information content (AvgIpc) is 1.97. The van der Waals surface area contributed by atoms with E-state index in [0.29, 0.717) is 11.8 Å². The molecule has 1 N–H and O–H groups in total. The largest absolute Gasteiger partial charge is 0.392 e. The Kier molecular flexibility index (Phi) is 2.14. The molecule has 0 aromatic heterocycles. The minimum Gasteiger partial charge on any atom is -0.392 e. The molecule has 2 atom stereocenters. The van der Waals surface area contributed by atoms with Crippen LogP contribution >= 0.6 is 0 Å². The molecule has 0 amide bonds. The van der Waals surface area contributed by atoms with Gasteiger partial charge in [-0.3, -0.25) is 0 Å². The maximum absolute atomic E-state index is 8.92. The Labute approximate surface area is 62.8 Å². The maximum Gasteiger partial charge on any atom is 0.0647 e. The van der Waals surface area contributed by atoms with Crippen molar-refractivity contribution >= 4 is 0 Å². The molecule has 0 saturated heterocycles. The molecule has 0 saturated carbocycles. The second kappa shape index (κ2) is 2.75. The third-order valence-electron chi connectivity index (χ3n) is 2.85. The van der Waals surface area contributed by atoms with Crippen molar-refractivity contribution in [3.8, 4) is 0 Å². The van der Waals surface area contributed by atoms with Crippen LogP contribution in [0.1, 0.15) is 27.2 Å². The van der Waals surface area contributed by atoms with E-state index in [0.717, 1.165) is 0 Å². The monoisotopic (exact) mass is 140 g/mol. The zero-order valence-corrected chi connectivity index (χ0v) is 7.02. The summed E-state index contributed by atoms with van der Waals surface area (Å²) >= 11 is 0. The highest BCUT2D eigenvalue weighted by molar-refractivity contribution is 5.30. The summed E-state index contributed by atoms with van der Waals surface area (Å²) in [6.45, 7) is 6.82. The van der Waals surface area contributed by atoms with E-state index in [2.05, 4.69) is 20.8 Å². The number of aliphatic hydroxyl groups is 1. The molecule has 1 heteroatoms. The van der Waals surface area contributed by atoms with Gasteiger partial charge < -0.3 is 5.11 Å². The number of aliphatic hydroxyl groups excluding tert-OH is 1. The van der Waals surface area contributed by atoms with E-state index < -0.39 is 0 Å². The SMILES string of the molecule is CC[C@@H]1C(CO)=C(C)C1C. The van der Waals surface area contributed by atoms with Crippen LogP contribution in [0.4, 0.5) is 0 Å². The van der Waals surface area contributed by atoms with Gasteiger partial charge in [0.25, 0.3) is 0 Å². The lowest BCUT2D eigenvalue weighted by molar-refractivity contribution is 0.265. The van der Waals surface area contributed by atoms with Gasteiger partial charge in [-0.2, -0.15) is 0 Å². The number of rotatable bonds is 2. The summed E-state index contributed by atoms with van der Waals surface area (Å²) in [5.41, 5.74) is 2.70. The number of hydrogen-bond acceptors (Lipinski definition) is 1. The third-order valence-corrected chi connectivity index (χ3v) is 2.85. The lowest BCUT2D eigenvalue weighted by atomic mass is 9.68. The van der Waals surface area contributed by atoms with Crippen LogP contribution < -0.4 is 0 Å². The lowest BCUT2D eigenvalue weighted by Gasteiger charge is -2.37. The molecule has 0 heterocycles. The Hall–Kier alpha value is -0.300. The summed E-state index contributed by atoms with van der Waals surface area (Å²) in [5, 5.41) is 8.92. The van der Waals surface area contributed by atoms with Crippen molar-refractivity contribution in [1.29, 1.82) is 0 Å². The Morgan fingerprint density at radius 2 is 2.10 bits per heavy atom. The Morgan fingerprint density at radius 3 is 2.40 bits per heavy atom. The van der Waals surface area contributed by atoms with Gasteiger partial charge in [-0.25, -0.2) is 0 Å². The fourth-order valence-electron chi connectivity index (χ4n) is 1.93. The summed E-state index contributed by atoms with van der Waals surface area (Å²) in [6, 6.07) is 0. The van der Waals surface area contributed by atoms with Crippen LogP contribution in [-0.4, -0.2) is 11.7 Å². The van der Waals surface area contributed by atoms with E-state index in [1.807, 2.05) is 0 Å². The van der Waals surface area contributed by atoms with E-state index in [1.54, 1.807) is 0 Å². The third kappa shape index (κ3) is 0.891. The summed E-state index contributed by atoms with van der Waals surface area (Å²) < 4.78 is 0. The van der Waals surface area contributed by atoms with Crippen LogP contribution in [0.2, 0.25) is 0 Å². The minimum atomic E-state index is 0.272. The smallest absolute Gasteiger partial charge is 0.0647 e. The second-order valence-corrected chi connectivity index (χ2v) is 3.17. The first-order valence-corrected chi connectivity index (χ1v) is 4.02. The van der Waals surface area contributed by atoms with Gasteiger partial charge in [0.05, 0.1) is 6.61 Å². The molecule has 0 bridgehead atoms. The van der Waals surface area contributed by atoms with Gasteiger partial charge in [0.2, 0.25) is 0 Å². The highest BCUT2D eigenvalue weighted by Gasteiger charge is 2.31. The number of allylic oxidation sites excluding steroid dienone is 1. The fraction of sp³-hybridized carbons (Fsp3) is 0.778. The Bertz CT molecular complexity index is 158. The molecule has 1 unspecified atom stereocenters. The maximum atomic E-state index is 8.92. The van der Waals surface area contributed by atoms with E-state index in [-0.39, 0.29) is 6.61 Å². The van der Waals surface area contributed by atoms with Crippen LogP contribution in [0, 0.1) is 11.8 Å². The molecule has 58 valence electrons. The molecule has 1 rings (SSSR count). The van der Waals surface area contributed by atoms with E-state index >= 15 is 0 Å². The van der Waals surface area contributed by atoms with Crippen LogP contribution in [-0.2, 0) is 0 Å². The van der Waals surface area contributed by atoms with Gasteiger partial charge in [-0.05, 0) is 30.8 Å². The van der Waals surface area contributed by atoms with Crippen LogP contribution in [0.5, 0.6) is 0 Å². The number of hydrogen-bond donors (Lipinski definition) is 1. The van der Waals surface area contributed by atoms with Crippen LogP contribution in [0.25, 0.3) is 0 Å². The topological polar surface area (TPSA) is 20.2 Å². The summed E-state index contributed by atoms with van der Waals surface area (Å²) in [5.74, 6) is 1.39. The zero-order chi connectivity index (χ0) is 7.72. The summed E-state index contributed by atoms with van der Waals surface area (Å²) in [7, 11) is 0. The van der Waals surface area contributed by atoms with Gasteiger partial charge in [0, 0.05) is 0 Å². The molecule has 1 nitrogen and oxygen atoms in total. The van der Waals surface area contributed by atoms with Gasteiger partial charge in [-0.1, -0.05) is 19.4 Å². The van der Waals surface area contributed by atoms with Crippen molar-refractivity contribution in [1.82, 2.24) is 0 Å². The van der Waals surface area contributed by atoms with E-state index in [1.165, 1.54) is 17.6 Å². The molecule has 0 aromatic carbocycles. The molecule has 0 radical (unpaired) electrons. The molecule has 1 aliphatic carbocycles. The van der Waals surface area contributed by atoms with Crippen LogP contribution in [0.15, 0.2) is 11.1 Å². The Balaban J connectivity index is 2.68. The second-order valence-electron chi connectivity index (χ2n) is 3.17. The average molecular weight is 140 g/mol. The van der Waals surface area contributed by atoms with Crippen molar-refractivity contribution in [2.24, 2.45) is 11.8 Å². The predicted octanol–water partition coefficient (Wildman–Crippen LogP) is 1.97. The summed E-state index contributed by atoms with van der Waals surface area (Å²) in [4.78, 5) is 0. The van der Waals surface area contributed by atoms with E-state index in [4.69, 9.17) is 5.11 Å². The van der Waals surface area contributed by atoms with Crippen molar-refractivity contribution in [3.63, 3.8) is 0 Å². The molecule has 10 heavy (non-hydrogen) atoms. The van der Waals surface area contributed by atoms with E-state index in [9.17, 15) is 0 Å².